The van der Waals surface area contributed by atoms with Gasteiger partial charge in [0.2, 0.25) is 5.91 Å². The Bertz CT molecular complexity index is 909. The number of hydrogen-bond donors (Lipinski definition) is 1. The molecule has 4 rings (SSSR count). The topological polar surface area (TPSA) is 72.7 Å². The van der Waals surface area contributed by atoms with Crippen LogP contribution in [0.15, 0.2) is 60.0 Å². The van der Waals surface area contributed by atoms with Crippen molar-refractivity contribution in [2.75, 3.05) is 0 Å². The Balaban J connectivity index is 1.62. The molecule has 1 aliphatic rings. The van der Waals surface area contributed by atoms with Gasteiger partial charge in [0.1, 0.15) is 0 Å². The second kappa shape index (κ2) is 7.92. The fourth-order valence-corrected chi connectivity index (χ4v) is 3.61. The van der Waals surface area contributed by atoms with Gasteiger partial charge >= 0.3 is 0 Å². The zero-order valence-electron chi connectivity index (χ0n) is 15.1. The van der Waals surface area contributed by atoms with Gasteiger partial charge in [-0.05, 0) is 37.5 Å². The summed E-state index contributed by atoms with van der Waals surface area (Å²) in [5.41, 5.74) is 2.11. The molecule has 6 nitrogen and oxygen atoms in total. The molecule has 0 radical (unpaired) electrons. The van der Waals surface area contributed by atoms with E-state index in [1.54, 1.807) is 12.4 Å². The van der Waals surface area contributed by atoms with Crippen LogP contribution in [-0.4, -0.2) is 36.9 Å². The van der Waals surface area contributed by atoms with Gasteiger partial charge in [0.15, 0.2) is 11.0 Å². The standard InChI is InChI=1S/C20H21N5OS/c1-14(19(26)22-17-7-8-17)27-20-24-23-18(16-9-11-21-12-10-16)25(20)13-15-5-3-2-4-6-15/h2-6,9-12,14,17H,7-8,13H2,1H3,(H,22,26)/t14-/m1/s1. The summed E-state index contributed by atoms with van der Waals surface area (Å²) in [6, 6.07) is 14.4. The van der Waals surface area contributed by atoms with Crippen LogP contribution in [0.5, 0.6) is 0 Å². The number of carbonyl (C=O) groups excluding carboxylic acids is 1. The lowest BCUT2D eigenvalue weighted by Gasteiger charge is -2.14. The number of nitrogens with zero attached hydrogens (tertiary/aromatic N) is 4. The van der Waals surface area contributed by atoms with Crippen molar-refractivity contribution in [1.29, 1.82) is 0 Å². The van der Waals surface area contributed by atoms with E-state index in [1.807, 2.05) is 37.3 Å². The van der Waals surface area contributed by atoms with E-state index < -0.39 is 0 Å². The van der Waals surface area contributed by atoms with Crippen LogP contribution in [0.3, 0.4) is 0 Å². The minimum absolute atomic E-state index is 0.0576. The maximum Gasteiger partial charge on any atom is 0.233 e. The Morgan fingerprint density at radius 2 is 1.93 bits per heavy atom. The van der Waals surface area contributed by atoms with E-state index in [2.05, 4.69) is 37.2 Å². The normalized spacial score (nSPS) is 14.7. The van der Waals surface area contributed by atoms with Crippen molar-refractivity contribution in [3.05, 3.63) is 60.4 Å². The molecule has 1 fully saturated rings. The number of aromatic nitrogens is 4. The number of thioether (sulfide) groups is 1. The quantitative estimate of drug-likeness (QED) is 0.639. The van der Waals surface area contributed by atoms with Gasteiger partial charge in [-0.25, -0.2) is 0 Å². The Hall–Kier alpha value is -2.67. The monoisotopic (exact) mass is 379 g/mol. The van der Waals surface area contributed by atoms with Crippen LogP contribution in [0.2, 0.25) is 0 Å². The van der Waals surface area contributed by atoms with Gasteiger partial charge in [-0.15, -0.1) is 10.2 Å². The summed E-state index contributed by atoms with van der Waals surface area (Å²) in [5, 5.41) is 12.4. The summed E-state index contributed by atoms with van der Waals surface area (Å²) in [7, 11) is 0. The van der Waals surface area contributed by atoms with E-state index >= 15 is 0 Å². The highest BCUT2D eigenvalue weighted by Gasteiger charge is 2.27. The molecule has 0 spiro atoms. The average Bonchev–Trinajstić information content (AvgIpc) is 3.44. The van der Waals surface area contributed by atoms with Crippen LogP contribution in [0.25, 0.3) is 11.4 Å². The van der Waals surface area contributed by atoms with Crippen LogP contribution in [0.4, 0.5) is 0 Å². The molecule has 1 amide bonds. The molecule has 1 aromatic carbocycles. The molecule has 138 valence electrons. The first-order chi connectivity index (χ1) is 13.2. The Labute approximate surface area is 162 Å². The minimum Gasteiger partial charge on any atom is -0.352 e. The smallest absolute Gasteiger partial charge is 0.233 e. The highest BCUT2D eigenvalue weighted by Crippen LogP contribution is 2.28. The van der Waals surface area contributed by atoms with Crippen molar-refractivity contribution >= 4 is 17.7 Å². The van der Waals surface area contributed by atoms with E-state index in [4.69, 9.17) is 0 Å². The summed E-state index contributed by atoms with van der Waals surface area (Å²) < 4.78 is 2.07. The molecule has 0 bridgehead atoms. The van der Waals surface area contributed by atoms with E-state index in [9.17, 15) is 4.79 Å². The van der Waals surface area contributed by atoms with Crippen LogP contribution >= 0.6 is 11.8 Å². The molecule has 27 heavy (non-hydrogen) atoms. The second-order valence-corrected chi connectivity index (χ2v) is 7.96. The molecule has 1 atom stereocenters. The van der Waals surface area contributed by atoms with Gasteiger partial charge in [-0.3, -0.25) is 14.3 Å². The number of benzene rings is 1. The minimum atomic E-state index is -0.227. The van der Waals surface area contributed by atoms with Gasteiger partial charge in [0.25, 0.3) is 0 Å². The molecule has 1 saturated carbocycles. The highest BCUT2D eigenvalue weighted by atomic mass is 32.2. The molecule has 2 aromatic heterocycles. The van der Waals surface area contributed by atoms with Crippen molar-refractivity contribution in [2.45, 2.75) is 42.8 Å². The molecule has 7 heteroatoms. The second-order valence-electron chi connectivity index (χ2n) is 6.66. The summed E-state index contributed by atoms with van der Waals surface area (Å²) >= 11 is 1.44. The van der Waals surface area contributed by atoms with Crippen LogP contribution in [-0.2, 0) is 11.3 Å². The molecule has 1 aliphatic carbocycles. The highest BCUT2D eigenvalue weighted by molar-refractivity contribution is 8.00. The van der Waals surface area contributed by atoms with Crippen molar-refractivity contribution in [3.63, 3.8) is 0 Å². The van der Waals surface area contributed by atoms with Gasteiger partial charge < -0.3 is 5.32 Å². The summed E-state index contributed by atoms with van der Waals surface area (Å²) in [6.07, 6.45) is 5.66. The summed E-state index contributed by atoms with van der Waals surface area (Å²) in [6.45, 7) is 2.56. The van der Waals surface area contributed by atoms with E-state index in [0.717, 1.165) is 34.9 Å². The van der Waals surface area contributed by atoms with Crippen molar-refractivity contribution in [1.82, 2.24) is 25.1 Å². The van der Waals surface area contributed by atoms with E-state index in [1.165, 1.54) is 11.8 Å². The third-order valence-electron chi connectivity index (χ3n) is 4.41. The number of pyridine rings is 1. The van der Waals surface area contributed by atoms with Gasteiger partial charge in [0.05, 0.1) is 11.8 Å². The zero-order valence-corrected chi connectivity index (χ0v) is 15.9. The van der Waals surface area contributed by atoms with Crippen molar-refractivity contribution < 1.29 is 4.79 Å². The lowest BCUT2D eigenvalue weighted by molar-refractivity contribution is -0.120. The molecule has 2 heterocycles. The van der Waals surface area contributed by atoms with Crippen molar-refractivity contribution in [2.24, 2.45) is 0 Å². The predicted octanol–water partition coefficient (Wildman–Crippen LogP) is 3.15. The fourth-order valence-electron chi connectivity index (χ4n) is 2.76. The number of nitrogens with one attached hydrogen (secondary N) is 1. The summed E-state index contributed by atoms with van der Waals surface area (Å²) in [5.74, 6) is 0.834. The maximum atomic E-state index is 12.3. The number of carbonyl (C=O) groups is 1. The fraction of sp³-hybridized carbons (Fsp3) is 0.300. The average molecular weight is 379 g/mol. The van der Waals surface area contributed by atoms with Crippen LogP contribution < -0.4 is 5.32 Å². The van der Waals surface area contributed by atoms with E-state index in [0.29, 0.717) is 12.6 Å². The molecule has 0 saturated heterocycles. The third-order valence-corrected chi connectivity index (χ3v) is 5.49. The van der Waals surface area contributed by atoms with Crippen LogP contribution in [0.1, 0.15) is 25.3 Å². The number of hydrogen-bond acceptors (Lipinski definition) is 5. The van der Waals surface area contributed by atoms with Gasteiger partial charge in [0, 0.05) is 24.0 Å². The Morgan fingerprint density at radius 1 is 1.19 bits per heavy atom. The van der Waals surface area contributed by atoms with Crippen molar-refractivity contribution in [3.8, 4) is 11.4 Å². The lowest BCUT2D eigenvalue weighted by atomic mass is 10.2. The molecule has 0 aliphatic heterocycles. The maximum absolute atomic E-state index is 12.3. The van der Waals surface area contributed by atoms with E-state index in [-0.39, 0.29) is 11.2 Å². The van der Waals surface area contributed by atoms with Gasteiger partial charge in [-0.2, -0.15) is 0 Å². The summed E-state index contributed by atoms with van der Waals surface area (Å²) in [4.78, 5) is 16.4. The third kappa shape index (κ3) is 4.36. The Kier molecular flexibility index (Phi) is 5.20. The zero-order chi connectivity index (χ0) is 18.6. The molecule has 3 aromatic rings. The predicted molar refractivity (Wildman–Crippen MR) is 105 cm³/mol. The molecular formula is C20H21N5OS. The lowest BCUT2D eigenvalue weighted by Crippen LogP contribution is -2.32. The first kappa shape index (κ1) is 17.7. The SMILES string of the molecule is C[C@@H](Sc1nnc(-c2ccncc2)n1Cc1ccccc1)C(=O)NC1CC1. The molecular weight excluding hydrogens is 358 g/mol. The Morgan fingerprint density at radius 3 is 2.63 bits per heavy atom. The largest absolute Gasteiger partial charge is 0.352 e. The molecule has 0 unspecified atom stereocenters. The first-order valence-corrected chi connectivity index (χ1v) is 9.93. The van der Waals surface area contributed by atoms with Gasteiger partial charge in [-0.1, -0.05) is 42.1 Å². The number of rotatable bonds is 7. The molecule has 1 N–H and O–H groups in total. The van der Waals surface area contributed by atoms with Crippen LogP contribution in [0, 0.1) is 0 Å². The first-order valence-electron chi connectivity index (χ1n) is 9.05. The number of amides is 1.